The van der Waals surface area contributed by atoms with Crippen molar-refractivity contribution in [2.45, 2.75) is 25.2 Å². The van der Waals surface area contributed by atoms with E-state index >= 15 is 0 Å². The summed E-state index contributed by atoms with van der Waals surface area (Å²) in [7, 11) is 0. The summed E-state index contributed by atoms with van der Waals surface area (Å²) < 4.78 is 0.967. The fourth-order valence-corrected chi connectivity index (χ4v) is 4.01. The lowest BCUT2D eigenvalue weighted by atomic mass is 9.86. The maximum Gasteiger partial charge on any atom is 0.254 e. The van der Waals surface area contributed by atoms with Crippen molar-refractivity contribution in [2.75, 3.05) is 18.4 Å². The first-order chi connectivity index (χ1) is 12.9. The third-order valence-electron chi connectivity index (χ3n) is 5.22. The van der Waals surface area contributed by atoms with Gasteiger partial charge in [-0.1, -0.05) is 15.9 Å². The van der Waals surface area contributed by atoms with E-state index in [-0.39, 0.29) is 23.8 Å². The van der Waals surface area contributed by atoms with Crippen LogP contribution >= 0.6 is 15.9 Å². The Bertz CT molecular complexity index is 1010. The monoisotopic (exact) mass is 424 g/mol. The Balaban J connectivity index is 1.52. The zero-order valence-corrected chi connectivity index (χ0v) is 16.3. The van der Waals surface area contributed by atoms with Crippen LogP contribution in [0.2, 0.25) is 0 Å². The molecule has 136 valence electrons. The van der Waals surface area contributed by atoms with Crippen molar-refractivity contribution in [3.8, 4) is 6.07 Å². The average Bonchev–Trinajstić information content (AvgIpc) is 3.41. The van der Waals surface area contributed by atoms with Crippen LogP contribution in [0.15, 0.2) is 34.9 Å². The molecule has 0 atom stereocenters. The van der Waals surface area contributed by atoms with E-state index < -0.39 is 0 Å². The number of nitriles is 1. The molecule has 1 spiro atoms. The minimum absolute atomic E-state index is 0.0167. The number of hydrogen-bond acceptors (Lipinski definition) is 4. The first-order valence-electron chi connectivity index (χ1n) is 8.68. The summed E-state index contributed by atoms with van der Waals surface area (Å²) in [5.41, 5.74) is 2.90. The second-order valence-corrected chi connectivity index (χ2v) is 8.10. The van der Waals surface area contributed by atoms with E-state index in [9.17, 15) is 9.59 Å². The van der Waals surface area contributed by atoms with Crippen LogP contribution in [0.1, 0.15) is 39.9 Å². The quantitative estimate of drug-likeness (QED) is 0.819. The van der Waals surface area contributed by atoms with Crippen molar-refractivity contribution in [2.24, 2.45) is 0 Å². The molecule has 1 N–H and O–H groups in total. The van der Waals surface area contributed by atoms with Gasteiger partial charge >= 0.3 is 0 Å². The molecule has 0 saturated heterocycles. The number of pyridine rings is 1. The Morgan fingerprint density at radius 1 is 1.41 bits per heavy atom. The van der Waals surface area contributed by atoms with E-state index in [1.54, 1.807) is 17.9 Å². The van der Waals surface area contributed by atoms with Crippen LogP contribution < -0.4 is 5.32 Å². The summed E-state index contributed by atoms with van der Waals surface area (Å²) in [5, 5.41) is 11.7. The molecule has 2 amide bonds. The summed E-state index contributed by atoms with van der Waals surface area (Å²) in [6.07, 6.45) is 3.47. The van der Waals surface area contributed by atoms with E-state index in [4.69, 9.17) is 5.26 Å². The molecule has 1 aliphatic heterocycles. The molecule has 0 bridgehead atoms. The molecule has 2 aromatic rings. The van der Waals surface area contributed by atoms with E-state index in [0.29, 0.717) is 29.1 Å². The summed E-state index contributed by atoms with van der Waals surface area (Å²) in [4.78, 5) is 31.1. The van der Waals surface area contributed by atoms with Gasteiger partial charge in [0.15, 0.2) is 0 Å². The highest BCUT2D eigenvalue weighted by atomic mass is 79.9. The maximum atomic E-state index is 12.9. The van der Waals surface area contributed by atoms with Gasteiger partial charge in [-0.05, 0) is 55.2 Å². The van der Waals surface area contributed by atoms with Gasteiger partial charge < -0.3 is 10.2 Å². The molecular formula is C20H17BrN4O2. The van der Waals surface area contributed by atoms with Gasteiger partial charge in [0.05, 0.1) is 5.56 Å². The minimum Gasteiger partial charge on any atom is -0.328 e. The van der Waals surface area contributed by atoms with Crippen molar-refractivity contribution < 1.29 is 9.59 Å². The number of fused-ring (bicyclic) bond motifs is 2. The molecule has 1 aromatic carbocycles. The number of rotatable bonds is 3. The molecule has 7 heteroatoms. The highest BCUT2D eigenvalue weighted by Gasteiger charge is 2.51. The zero-order valence-electron chi connectivity index (χ0n) is 14.8. The van der Waals surface area contributed by atoms with Crippen molar-refractivity contribution in [1.29, 1.82) is 5.26 Å². The number of halogens is 1. The van der Waals surface area contributed by atoms with E-state index in [2.05, 4.69) is 26.2 Å². The van der Waals surface area contributed by atoms with E-state index in [0.717, 1.165) is 22.9 Å². The first kappa shape index (κ1) is 17.7. The number of nitrogens with zero attached hydrogens (tertiary/aromatic N) is 3. The van der Waals surface area contributed by atoms with Gasteiger partial charge in [-0.25, -0.2) is 4.98 Å². The number of hydrogen-bond donors (Lipinski definition) is 1. The molecule has 2 aliphatic rings. The Morgan fingerprint density at radius 3 is 2.85 bits per heavy atom. The van der Waals surface area contributed by atoms with Crippen molar-refractivity contribution >= 4 is 33.6 Å². The Kier molecular flexibility index (Phi) is 4.23. The largest absolute Gasteiger partial charge is 0.328 e. The van der Waals surface area contributed by atoms with Crippen LogP contribution in [0, 0.1) is 18.3 Å². The molecule has 27 heavy (non-hydrogen) atoms. The lowest BCUT2D eigenvalue weighted by Crippen LogP contribution is -2.46. The normalized spacial score (nSPS) is 16.6. The van der Waals surface area contributed by atoms with Crippen LogP contribution in [0.25, 0.3) is 0 Å². The lowest BCUT2D eigenvalue weighted by Gasteiger charge is -2.34. The van der Waals surface area contributed by atoms with Crippen LogP contribution in [0.5, 0.6) is 0 Å². The number of benzene rings is 1. The number of aromatic nitrogens is 1. The molecule has 2 heterocycles. The lowest BCUT2D eigenvalue weighted by molar-refractivity contribution is -0.117. The Labute approximate surface area is 165 Å². The zero-order chi connectivity index (χ0) is 19.2. The predicted molar refractivity (Wildman–Crippen MR) is 103 cm³/mol. The Morgan fingerprint density at radius 2 is 2.19 bits per heavy atom. The molecule has 0 unspecified atom stereocenters. The molecular weight excluding hydrogens is 408 g/mol. The topological polar surface area (TPSA) is 86.1 Å². The number of carbonyl (C=O) groups excluding carboxylic acids is 2. The standard InChI is InChI=1S/C20H17BrN4O2/c1-12-6-13(8-22)9-23-18(12)24-17(26)10-25-11-20(4-5-20)16-7-14(21)2-3-15(16)19(25)27/h2-3,6-7,9H,4-5,10-11H2,1H3,(H,23,24,26). The molecule has 1 aromatic heterocycles. The second-order valence-electron chi connectivity index (χ2n) is 7.18. The third-order valence-corrected chi connectivity index (χ3v) is 5.71. The highest BCUT2D eigenvalue weighted by molar-refractivity contribution is 9.10. The fraction of sp³-hybridized carbons (Fsp3) is 0.300. The number of nitrogens with one attached hydrogen (secondary N) is 1. The summed E-state index contributed by atoms with van der Waals surface area (Å²) >= 11 is 3.48. The first-order valence-corrected chi connectivity index (χ1v) is 9.47. The predicted octanol–water partition coefficient (Wildman–Crippen LogP) is 3.15. The van der Waals surface area contributed by atoms with Crippen molar-refractivity contribution in [3.05, 3.63) is 57.2 Å². The molecule has 1 fully saturated rings. The smallest absolute Gasteiger partial charge is 0.254 e. The molecule has 4 rings (SSSR count). The fourth-order valence-electron chi connectivity index (χ4n) is 3.65. The van der Waals surface area contributed by atoms with Crippen LogP contribution in [-0.4, -0.2) is 34.8 Å². The van der Waals surface area contributed by atoms with Crippen molar-refractivity contribution in [3.63, 3.8) is 0 Å². The molecule has 6 nitrogen and oxygen atoms in total. The number of anilines is 1. The number of aryl methyl sites for hydroxylation is 1. The maximum absolute atomic E-state index is 12.9. The second kappa shape index (κ2) is 6.46. The molecule has 1 saturated carbocycles. The van der Waals surface area contributed by atoms with Gasteiger partial charge in [0.25, 0.3) is 5.91 Å². The van der Waals surface area contributed by atoms with Gasteiger partial charge in [-0.15, -0.1) is 0 Å². The van der Waals surface area contributed by atoms with Crippen LogP contribution in [-0.2, 0) is 10.2 Å². The van der Waals surface area contributed by atoms with E-state index in [1.165, 1.54) is 6.20 Å². The number of amides is 2. The number of carbonyl (C=O) groups is 2. The summed E-state index contributed by atoms with van der Waals surface area (Å²) in [6.45, 7) is 2.32. The van der Waals surface area contributed by atoms with Gasteiger partial charge in [0.2, 0.25) is 5.91 Å². The SMILES string of the molecule is Cc1cc(C#N)cnc1NC(=O)CN1CC2(CC2)c2cc(Br)ccc2C1=O. The third kappa shape index (κ3) is 3.21. The van der Waals surface area contributed by atoms with E-state index in [1.807, 2.05) is 24.3 Å². The Hall–Kier alpha value is -2.72. The van der Waals surface area contributed by atoms with Gasteiger partial charge in [0.1, 0.15) is 18.4 Å². The highest BCUT2D eigenvalue weighted by Crippen LogP contribution is 2.52. The summed E-state index contributed by atoms with van der Waals surface area (Å²) in [6, 6.07) is 9.41. The van der Waals surface area contributed by atoms with Gasteiger partial charge in [-0.2, -0.15) is 5.26 Å². The average molecular weight is 425 g/mol. The van der Waals surface area contributed by atoms with Gasteiger partial charge in [0, 0.05) is 28.2 Å². The molecule has 0 radical (unpaired) electrons. The minimum atomic E-state index is -0.292. The van der Waals surface area contributed by atoms with Crippen LogP contribution in [0.3, 0.4) is 0 Å². The van der Waals surface area contributed by atoms with Crippen molar-refractivity contribution in [1.82, 2.24) is 9.88 Å². The summed E-state index contributed by atoms with van der Waals surface area (Å²) in [5.74, 6) is 0.00336. The van der Waals surface area contributed by atoms with Gasteiger partial charge in [-0.3, -0.25) is 9.59 Å². The molecule has 1 aliphatic carbocycles. The van der Waals surface area contributed by atoms with Crippen LogP contribution in [0.4, 0.5) is 5.82 Å².